The lowest BCUT2D eigenvalue weighted by atomic mass is 10.2. The van der Waals surface area contributed by atoms with Crippen LogP contribution >= 0.6 is 34.4 Å². The second-order valence-electron chi connectivity index (χ2n) is 4.84. The topological polar surface area (TPSA) is 55.8 Å². The Hall–Kier alpha value is -1.92. The van der Waals surface area contributed by atoms with E-state index in [1.54, 1.807) is 12.1 Å². The van der Waals surface area contributed by atoms with Gasteiger partial charge in [-0.1, -0.05) is 12.0 Å². The summed E-state index contributed by atoms with van der Waals surface area (Å²) in [5.41, 5.74) is 0.741. The minimum atomic E-state index is -0.324. The van der Waals surface area contributed by atoms with Crippen molar-refractivity contribution in [3.05, 3.63) is 38.8 Å². The minimum absolute atomic E-state index is 0.135. The molecule has 2 rings (SSSR count). The number of terminal acetylenes is 1. The van der Waals surface area contributed by atoms with Gasteiger partial charge in [0, 0.05) is 6.54 Å². The van der Waals surface area contributed by atoms with Gasteiger partial charge < -0.3 is 9.47 Å². The SMILES string of the molecule is C#CCOc1c(I)cc(/C=C2/SC(=O)N(CC=C)C2=O)cc1OCC. The Morgan fingerprint density at radius 2 is 2.16 bits per heavy atom. The van der Waals surface area contributed by atoms with E-state index < -0.39 is 0 Å². The molecule has 0 atom stereocenters. The van der Waals surface area contributed by atoms with E-state index in [0.717, 1.165) is 25.8 Å². The van der Waals surface area contributed by atoms with Gasteiger partial charge in [0.25, 0.3) is 11.1 Å². The molecule has 2 amide bonds. The van der Waals surface area contributed by atoms with Crippen molar-refractivity contribution in [1.29, 1.82) is 0 Å². The third-order valence-electron chi connectivity index (χ3n) is 3.11. The first-order valence-corrected chi connectivity index (χ1v) is 9.30. The second-order valence-corrected chi connectivity index (χ2v) is 6.99. The summed E-state index contributed by atoms with van der Waals surface area (Å²) >= 11 is 3.03. The van der Waals surface area contributed by atoms with Gasteiger partial charge in [0.15, 0.2) is 11.5 Å². The van der Waals surface area contributed by atoms with Gasteiger partial charge in [-0.3, -0.25) is 14.5 Å². The van der Waals surface area contributed by atoms with Crippen molar-refractivity contribution in [2.45, 2.75) is 6.92 Å². The number of carbonyl (C=O) groups is 2. The largest absolute Gasteiger partial charge is 0.490 e. The van der Waals surface area contributed by atoms with Crippen LogP contribution in [-0.2, 0) is 4.79 Å². The van der Waals surface area contributed by atoms with Gasteiger partial charge in [0.2, 0.25) is 0 Å². The van der Waals surface area contributed by atoms with Crippen LogP contribution in [0.3, 0.4) is 0 Å². The predicted molar refractivity (Wildman–Crippen MR) is 108 cm³/mol. The highest BCUT2D eigenvalue weighted by Gasteiger charge is 2.34. The highest BCUT2D eigenvalue weighted by molar-refractivity contribution is 14.1. The molecule has 130 valence electrons. The molecule has 0 aromatic heterocycles. The Kier molecular flexibility index (Phi) is 6.96. The number of benzene rings is 1. The molecule has 1 aromatic carbocycles. The zero-order chi connectivity index (χ0) is 18.4. The summed E-state index contributed by atoms with van der Waals surface area (Å²) in [5, 5.41) is -0.301. The molecule has 7 heteroatoms. The third-order valence-corrected chi connectivity index (χ3v) is 4.82. The average molecular weight is 469 g/mol. The van der Waals surface area contributed by atoms with E-state index in [1.165, 1.54) is 6.08 Å². The fraction of sp³-hybridized carbons (Fsp3) is 0.222. The van der Waals surface area contributed by atoms with E-state index in [1.807, 2.05) is 13.0 Å². The van der Waals surface area contributed by atoms with Crippen molar-refractivity contribution < 1.29 is 19.1 Å². The van der Waals surface area contributed by atoms with Crippen LogP contribution in [0.5, 0.6) is 11.5 Å². The van der Waals surface area contributed by atoms with E-state index in [9.17, 15) is 9.59 Å². The maximum absolute atomic E-state index is 12.3. The van der Waals surface area contributed by atoms with E-state index >= 15 is 0 Å². The van der Waals surface area contributed by atoms with Crippen LogP contribution in [0.1, 0.15) is 12.5 Å². The monoisotopic (exact) mass is 469 g/mol. The van der Waals surface area contributed by atoms with Gasteiger partial charge in [-0.2, -0.15) is 0 Å². The third kappa shape index (κ3) is 4.58. The second kappa shape index (κ2) is 8.97. The molecule has 5 nitrogen and oxygen atoms in total. The Morgan fingerprint density at radius 1 is 1.40 bits per heavy atom. The van der Waals surface area contributed by atoms with E-state index in [0.29, 0.717) is 23.0 Å². The van der Waals surface area contributed by atoms with Crippen molar-refractivity contribution in [2.24, 2.45) is 0 Å². The Morgan fingerprint density at radius 3 is 2.80 bits per heavy atom. The highest BCUT2D eigenvalue weighted by Crippen LogP contribution is 2.37. The molecular weight excluding hydrogens is 453 g/mol. The smallest absolute Gasteiger partial charge is 0.293 e. The standard InChI is InChI=1S/C18H16INO4S/c1-4-7-20-17(21)15(25-18(20)22)11-12-9-13(19)16(24-8-5-2)14(10-12)23-6-3/h2,4,9-11H,1,6-8H2,3H3/b15-11+. The molecule has 1 aliphatic rings. The molecule has 25 heavy (non-hydrogen) atoms. The van der Waals surface area contributed by atoms with E-state index in [2.05, 4.69) is 35.1 Å². The molecule has 0 bridgehead atoms. The molecule has 0 saturated carbocycles. The molecule has 0 radical (unpaired) electrons. The Balaban J connectivity index is 2.37. The van der Waals surface area contributed by atoms with Crippen molar-refractivity contribution in [2.75, 3.05) is 19.8 Å². The summed E-state index contributed by atoms with van der Waals surface area (Å²) in [7, 11) is 0. The summed E-state index contributed by atoms with van der Waals surface area (Å²) in [5.74, 6) is 3.21. The fourth-order valence-corrected chi connectivity index (χ4v) is 3.76. The zero-order valence-electron chi connectivity index (χ0n) is 13.6. The first-order chi connectivity index (χ1) is 12.0. The lowest BCUT2D eigenvalue weighted by Crippen LogP contribution is -2.27. The van der Waals surface area contributed by atoms with Gasteiger partial charge >= 0.3 is 0 Å². The number of imide groups is 1. The van der Waals surface area contributed by atoms with Crippen LogP contribution in [0.15, 0.2) is 29.7 Å². The van der Waals surface area contributed by atoms with Crippen LogP contribution < -0.4 is 9.47 Å². The Labute approximate surface area is 164 Å². The van der Waals surface area contributed by atoms with Crippen LogP contribution in [0.4, 0.5) is 4.79 Å². The molecule has 1 heterocycles. The number of halogens is 1. The minimum Gasteiger partial charge on any atom is -0.490 e. The van der Waals surface area contributed by atoms with Gasteiger partial charge in [-0.05, 0) is 65.0 Å². The lowest BCUT2D eigenvalue weighted by molar-refractivity contribution is -0.122. The number of amides is 2. The molecule has 1 fully saturated rings. The van der Waals surface area contributed by atoms with Crippen LogP contribution in [0.2, 0.25) is 0 Å². The van der Waals surface area contributed by atoms with Crippen molar-refractivity contribution in [3.8, 4) is 23.8 Å². The van der Waals surface area contributed by atoms with Crippen LogP contribution in [0, 0.1) is 15.9 Å². The normalized spacial score (nSPS) is 15.4. The summed E-state index contributed by atoms with van der Waals surface area (Å²) in [6.07, 6.45) is 8.43. The van der Waals surface area contributed by atoms with Crippen LogP contribution in [-0.4, -0.2) is 35.8 Å². The summed E-state index contributed by atoms with van der Waals surface area (Å²) < 4.78 is 12.0. The quantitative estimate of drug-likeness (QED) is 0.262. The van der Waals surface area contributed by atoms with Gasteiger partial charge in [0.1, 0.15) is 6.61 Å². The Bertz CT molecular complexity index is 782. The number of rotatable bonds is 7. The summed E-state index contributed by atoms with van der Waals surface area (Å²) in [6, 6.07) is 3.61. The number of hydrogen-bond acceptors (Lipinski definition) is 5. The number of hydrogen-bond donors (Lipinski definition) is 0. The number of ether oxygens (including phenoxy) is 2. The summed E-state index contributed by atoms with van der Waals surface area (Å²) in [6.45, 7) is 6.22. The molecule has 0 spiro atoms. The average Bonchev–Trinajstić information content (AvgIpc) is 2.82. The number of nitrogens with zero attached hydrogens (tertiary/aromatic N) is 1. The van der Waals surface area contributed by atoms with E-state index in [4.69, 9.17) is 15.9 Å². The van der Waals surface area contributed by atoms with Crippen molar-refractivity contribution in [3.63, 3.8) is 0 Å². The molecular formula is C18H16INO4S. The summed E-state index contributed by atoms with van der Waals surface area (Å²) in [4.78, 5) is 25.7. The van der Waals surface area contributed by atoms with E-state index in [-0.39, 0.29) is 24.3 Å². The first-order valence-electron chi connectivity index (χ1n) is 7.40. The van der Waals surface area contributed by atoms with Crippen molar-refractivity contribution in [1.82, 2.24) is 4.90 Å². The maximum Gasteiger partial charge on any atom is 0.293 e. The molecule has 1 aromatic rings. The zero-order valence-corrected chi connectivity index (χ0v) is 16.6. The molecule has 0 unspecified atom stereocenters. The maximum atomic E-state index is 12.3. The van der Waals surface area contributed by atoms with Gasteiger partial charge in [0.05, 0.1) is 15.1 Å². The predicted octanol–water partition coefficient (Wildman–Crippen LogP) is 3.92. The lowest BCUT2D eigenvalue weighted by Gasteiger charge is -2.13. The fourth-order valence-electron chi connectivity index (χ4n) is 2.13. The number of carbonyl (C=O) groups excluding carboxylic acids is 2. The van der Waals surface area contributed by atoms with Crippen LogP contribution in [0.25, 0.3) is 6.08 Å². The van der Waals surface area contributed by atoms with Gasteiger partial charge in [-0.25, -0.2) is 0 Å². The molecule has 1 aliphatic heterocycles. The van der Waals surface area contributed by atoms with Crippen molar-refractivity contribution >= 4 is 51.6 Å². The molecule has 0 N–H and O–H groups in total. The number of thioether (sulfide) groups is 1. The first kappa shape index (κ1) is 19.4. The van der Waals surface area contributed by atoms with Gasteiger partial charge in [-0.15, -0.1) is 13.0 Å². The highest BCUT2D eigenvalue weighted by atomic mass is 127. The molecule has 1 saturated heterocycles. The molecule has 0 aliphatic carbocycles.